The highest BCUT2D eigenvalue weighted by Crippen LogP contribution is 2.37. The van der Waals surface area contributed by atoms with E-state index in [1.54, 1.807) is 19.4 Å². The smallest absolute Gasteiger partial charge is 0.236 e. The number of nitrogens with one attached hydrogen (secondary N) is 1. The second kappa shape index (κ2) is 7.89. The molecule has 1 aromatic carbocycles. The summed E-state index contributed by atoms with van der Waals surface area (Å²) in [5, 5.41) is 3.82. The van der Waals surface area contributed by atoms with E-state index in [9.17, 15) is 4.79 Å². The van der Waals surface area contributed by atoms with Gasteiger partial charge in [-0.1, -0.05) is 6.92 Å². The van der Waals surface area contributed by atoms with Crippen molar-refractivity contribution in [3.63, 3.8) is 0 Å². The van der Waals surface area contributed by atoms with Gasteiger partial charge in [-0.25, -0.2) is 5.43 Å². The third-order valence-electron chi connectivity index (χ3n) is 2.58. The lowest BCUT2D eigenvalue weighted by Gasteiger charge is -2.17. The Morgan fingerprint density at radius 2 is 2.25 bits per heavy atom. The van der Waals surface area contributed by atoms with Gasteiger partial charge < -0.3 is 9.47 Å². The largest absolute Gasteiger partial charge is 0.493 e. The molecular weight excluding hydrogens is 324 g/mol. The van der Waals surface area contributed by atoms with Crippen molar-refractivity contribution in [3.05, 3.63) is 22.2 Å². The average Bonchev–Trinajstić information content (AvgIpc) is 2.40. The molecule has 20 heavy (non-hydrogen) atoms. The Balaban J connectivity index is 3.00. The molecule has 0 aliphatic carbocycles. The molecule has 0 unspecified atom stereocenters. The molecule has 0 saturated heterocycles. The number of hydrazone groups is 1. The fourth-order valence-corrected chi connectivity index (χ4v) is 1.96. The summed E-state index contributed by atoms with van der Waals surface area (Å²) in [6, 6.07) is 3.65. The lowest BCUT2D eigenvalue weighted by atomic mass is 10.2. The van der Waals surface area contributed by atoms with Gasteiger partial charge in [0, 0.05) is 6.92 Å². The van der Waals surface area contributed by atoms with E-state index in [1.165, 1.54) is 6.92 Å². The molecule has 5 nitrogen and oxygen atoms in total. The third-order valence-corrected chi connectivity index (χ3v) is 3.17. The fraction of sp³-hybridized carbons (Fsp3) is 0.429. The van der Waals surface area contributed by atoms with E-state index in [2.05, 4.69) is 33.4 Å². The topological polar surface area (TPSA) is 59.9 Å². The van der Waals surface area contributed by atoms with Crippen LogP contribution in [0, 0.1) is 0 Å². The van der Waals surface area contributed by atoms with Crippen LogP contribution >= 0.6 is 15.9 Å². The van der Waals surface area contributed by atoms with E-state index < -0.39 is 0 Å². The van der Waals surface area contributed by atoms with Crippen LogP contribution in [-0.4, -0.2) is 25.3 Å². The lowest BCUT2D eigenvalue weighted by molar-refractivity contribution is -0.118. The van der Waals surface area contributed by atoms with Crippen molar-refractivity contribution in [2.75, 3.05) is 7.11 Å². The Labute approximate surface area is 127 Å². The van der Waals surface area contributed by atoms with E-state index in [-0.39, 0.29) is 12.0 Å². The van der Waals surface area contributed by atoms with Crippen molar-refractivity contribution < 1.29 is 14.3 Å². The minimum atomic E-state index is -0.219. The van der Waals surface area contributed by atoms with Crippen LogP contribution in [0.5, 0.6) is 11.5 Å². The number of rotatable bonds is 6. The number of carbonyl (C=O) groups is 1. The molecule has 1 amide bonds. The molecule has 1 aromatic rings. The van der Waals surface area contributed by atoms with Gasteiger partial charge in [0.15, 0.2) is 11.5 Å². The Hall–Kier alpha value is -1.56. The molecule has 110 valence electrons. The van der Waals surface area contributed by atoms with Crippen LogP contribution in [0.25, 0.3) is 0 Å². The summed E-state index contributed by atoms with van der Waals surface area (Å²) in [7, 11) is 1.58. The lowest BCUT2D eigenvalue weighted by Crippen LogP contribution is -2.12. The maximum atomic E-state index is 10.8. The van der Waals surface area contributed by atoms with Gasteiger partial charge >= 0.3 is 0 Å². The summed E-state index contributed by atoms with van der Waals surface area (Å²) in [4.78, 5) is 10.8. The number of nitrogens with zero attached hydrogens (tertiary/aromatic N) is 1. The second-order valence-electron chi connectivity index (χ2n) is 4.30. The minimum absolute atomic E-state index is 0.0964. The first kappa shape index (κ1) is 16.5. The second-order valence-corrected chi connectivity index (χ2v) is 5.15. The highest BCUT2D eigenvalue weighted by Gasteiger charge is 2.13. The first-order valence-corrected chi connectivity index (χ1v) is 7.11. The molecule has 6 heteroatoms. The van der Waals surface area contributed by atoms with E-state index >= 15 is 0 Å². The maximum absolute atomic E-state index is 10.8. The fourth-order valence-electron chi connectivity index (χ4n) is 1.41. The van der Waals surface area contributed by atoms with Crippen molar-refractivity contribution in [3.8, 4) is 11.5 Å². The Morgan fingerprint density at radius 1 is 1.55 bits per heavy atom. The summed E-state index contributed by atoms with van der Waals surface area (Å²) in [6.07, 6.45) is 2.54. The Morgan fingerprint density at radius 3 is 2.80 bits per heavy atom. The van der Waals surface area contributed by atoms with Crippen molar-refractivity contribution >= 4 is 28.1 Å². The maximum Gasteiger partial charge on any atom is 0.236 e. The van der Waals surface area contributed by atoms with Gasteiger partial charge in [-0.05, 0) is 47.0 Å². The molecule has 0 spiro atoms. The van der Waals surface area contributed by atoms with Crippen LogP contribution in [0.3, 0.4) is 0 Å². The first-order valence-electron chi connectivity index (χ1n) is 6.31. The van der Waals surface area contributed by atoms with E-state index in [4.69, 9.17) is 9.47 Å². The summed E-state index contributed by atoms with van der Waals surface area (Å²) >= 11 is 3.46. The van der Waals surface area contributed by atoms with E-state index in [1.807, 2.05) is 13.0 Å². The summed E-state index contributed by atoms with van der Waals surface area (Å²) in [5.41, 5.74) is 3.14. The van der Waals surface area contributed by atoms with Crippen molar-refractivity contribution in [1.29, 1.82) is 0 Å². The minimum Gasteiger partial charge on any atom is -0.493 e. The van der Waals surface area contributed by atoms with Crippen LogP contribution in [0.2, 0.25) is 0 Å². The molecule has 0 radical (unpaired) electrons. The molecule has 1 atom stereocenters. The number of ether oxygens (including phenoxy) is 2. The van der Waals surface area contributed by atoms with Gasteiger partial charge in [-0.2, -0.15) is 5.10 Å². The number of benzene rings is 1. The number of methoxy groups -OCH3 is 1. The van der Waals surface area contributed by atoms with Crippen molar-refractivity contribution in [2.24, 2.45) is 5.10 Å². The number of hydrogen-bond donors (Lipinski definition) is 1. The standard InChI is InChI=1S/C14H19BrN2O3/c1-5-9(2)20-14-12(15)6-11(7-13(14)19-4)8-16-17-10(3)18/h6-9H,5H2,1-4H3,(H,17,18)/b16-8-/t9-/m0/s1. The predicted octanol–water partition coefficient (Wildman–Crippen LogP) is 3.11. The van der Waals surface area contributed by atoms with Crippen molar-refractivity contribution in [2.45, 2.75) is 33.3 Å². The normalized spacial score (nSPS) is 12.2. The van der Waals surface area contributed by atoms with E-state index in [0.29, 0.717) is 11.5 Å². The zero-order valence-electron chi connectivity index (χ0n) is 12.1. The van der Waals surface area contributed by atoms with E-state index in [0.717, 1.165) is 16.5 Å². The van der Waals surface area contributed by atoms with Crippen LogP contribution in [0.1, 0.15) is 32.8 Å². The summed E-state index contributed by atoms with van der Waals surface area (Å²) in [5.74, 6) is 1.06. The molecule has 1 N–H and O–H groups in total. The number of hydrogen-bond acceptors (Lipinski definition) is 4. The van der Waals surface area contributed by atoms with Crippen LogP contribution < -0.4 is 14.9 Å². The quantitative estimate of drug-likeness (QED) is 0.638. The molecule has 1 rings (SSSR count). The zero-order valence-corrected chi connectivity index (χ0v) is 13.7. The Bertz CT molecular complexity index is 503. The van der Waals surface area contributed by atoms with Gasteiger partial charge in [-0.3, -0.25) is 4.79 Å². The molecule has 0 saturated carbocycles. The van der Waals surface area contributed by atoms with Gasteiger partial charge in [-0.15, -0.1) is 0 Å². The molecule has 0 fully saturated rings. The van der Waals surface area contributed by atoms with Crippen molar-refractivity contribution in [1.82, 2.24) is 5.43 Å². The van der Waals surface area contributed by atoms with Crippen LogP contribution in [0.4, 0.5) is 0 Å². The van der Waals surface area contributed by atoms with Gasteiger partial charge in [0.2, 0.25) is 5.91 Å². The molecule has 0 bridgehead atoms. The monoisotopic (exact) mass is 342 g/mol. The van der Waals surface area contributed by atoms with Gasteiger partial charge in [0.1, 0.15) is 0 Å². The highest BCUT2D eigenvalue weighted by atomic mass is 79.9. The number of halogens is 1. The molecule has 0 aliphatic rings. The highest BCUT2D eigenvalue weighted by molar-refractivity contribution is 9.10. The number of carbonyl (C=O) groups excluding carboxylic acids is 1. The Kier molecular flexibility index (Phi) is 6.51. The summed E-state index contributed by atoms with van der Waals surface area (Å²) < 4.78 is 11.9. The number of amides is 1. The average molecular weight is 343 g/mol. The summed E-state index contributed by atoms with van der Waals surface area (Å²) in [6.45, 7) is 5.45. The van der Waals surface area contributed by atoms with Crippen LogP contribution in [0.15, 0.2) is 21.7 Å². The third kappa shape index (κ3) is 4.85. The molecular formula is C14H19BrN2O3. The zero-order chi connectivity index (χ0) is 15.1. The van der Waals surface area contributed by atoms with Gasteiger partial charge in [0.25, 0.3) is 0 Å². The molecule has 0 aromatic heterocycles. The predicted molar refractivity (Wildman–Crippen MR) is 82.5 cm³/mol. The van der Waals surface area contributed by atoms with Gasteiger partial charge in [0.05, 0.1) is 23.9 Å². The van der Waals surface area contributed by atoms with Crippen LogP contribution in [-0.2, 0) is 4.79 Å². The SMILES string of the molecule is CC[C@H](C)Oc1c(Br)cc(/C=N\NC(C)=O)cc1OC. The first-order chi connectivity index (χ1) is 9.47. The molecule has 0 aliphatic heterocycles. The molecule has 0 heterocycles.